The second kappa shape index (κ2) is 7.62. The quantitative estimate of drug-likeness (QED) is 0.890. The van der Waals surface area contributed by atoms with E-state index in [2.05, 4.69) is 10.3 Å². The second-order valence-electron chi connectivity index (χ2n) is 7.71. The van der Waals surface area contributed by atoms with Crippen molar-refractivity contribution in [1.29, 1.82) is 0 Å². The molecule has 0 bridgehead atoms. The number of amides is 2. The number of ether oxygens (including phenoxy) is 1. The molecule has 1 fully saturated rings. The van der Waals surface area contributed by atoms with Gasteiger partial charge in [0, 0.05) is 50.3 Å². The summed E-state index contributed by atoms with van der Waals surface area (Å²) in [6.45, 7) is 0.662. The Balaban J connectivity index is 1.55. The molecule has 0 aliphatic carbocycles. The van der Waals surface area contributed by atoms with Crippen LogP contribution in [-0.2, 0) is 16.0 Å². The van der Waals surface area contributed by atoms with Crippen LogP contribution in [0.2, 0.25) is 0 Å². The fourth-order valence-corrected chi connectivity index (χ4v) is 4.11. The average Bonchev–Trinajstić information content (AvgIpc) is 2.83. The van der Waals surface area contributed by atoms with Crippen molar-refractivity contribution in [1.82, 2.24) is 15.2 Å². The molecule has 3 heterocycles. The van der Waals surface area contributed by atoms with Crippen LogP contribution in [0.25, 0.3) is 0 Å². The first-order valence-electron chi connectivity index (χ1n) is 9.76. The van der Waals surface area contributed by atoms with Crippen molar-refractivity contribution in [2.45, 2.75) is 43.7 Å². The van der Waals surface area contributed by atoms with Crippen molar-refractivity contribution < 1.29 is 14.3 Å². The third-order valence-electron chi connectivity index (χ3n) is 5.72. The number of benzene rings is 1. The van der Waals surface area contributed by atoms with E-state index < -0.39 is 5.60 Å². The van der Waals surface area contributed by atoms with Gasteiger partial charge in [0.1, 0.15) is 11.4 Å². The van der Waals surface area contributed by atoms with E-state index >= 15 is 0 Å². The molecule has 2 atom stereocenters. The van der Waals surface area contributed by atoms with Crippen molar-refractivity contribution in [2.24, 2.45) is 0 Å². The molecular formula is C22H25N3O3. The largest absolute Gasteiger partial charge is 0.487 e. The molecule has 1 N–H and O–H groups in total. The maximum absolute atomic E-state index is 12.7. The van der Waals surface area contributed by atoms with E-state index in [1.54, 1.807) is 11.1 Å². The third kappa shape index (κ3) is 3.86. The minimum atomic E-state index is -0.433. The lowest BCUT2D eigenvalue weighted by Gasteiger charge is -2.42. The Labute approximate surface area is 164 Å². The number of para-hydroxylation sites is 1. The molecule has 146 valence electrons. The van der Waals surface area contributed by atoms with Crippen molar-refractivity contribution in [2.75, 3.05) is 13.6 Å². The van der Waals surface area contributed by atoms with Gasteiger partial charge in [0.2, 0.25) is 11.8 Å². The SMILES string of the molecule is CN1CC[C@@]2(CCC1=O)C[C@@H](NC(=O)Cc1ccccn1)c1ccccc1O2. The minimum Gasteiger partial charge on any atom is -0.487 e. The zero-order valence-corrected chi connectivity index (χ0v) is 16.1. The van der Waals surface area contributed by atoms with Crippen LogP contribution in [-0.4, -0.2) is 40.9 Å². The minimum absolute atomic E-state index is 0.0580. The monoisotopic (exact) mass is 379 g/mol. The van der Waals surface area contributed by atoms with Crippen LogP contribution in [0.3, 0.4) is 0 Å². The number of hydrogen-bond donors (Lipinski definition) is 1. The molecule has 1 aromatic heterocycles. The molecule has 1 saturated heterocycles. The van der Waals surface area contributed by atoms with Crippen molar-refractivity contribution in [3.63, 3.8) is 0 Å². The summed E-state index contributed by atoms with van der Waals surface area (Å²) < 4.78 is 6.42. The van der Waals surface area contributed by atoms with Crippen LogP contribution < -0.4 is 10.1 Å². The second-order valence-corrected chi connectivity index (χ2v) is 7.71. The van der Waals surface area contributed by atoms with Crippen LogP contribution in [0.1, 0.15) is 43.0 Å². The Hall–Kier alpha value is -2.89. The van der Waals surface area contributed by atoms with Gasteiger partial charge in [0.05, 0.1) is 12.5 Å². The number of likely N-dealkylation sites (tertiary alicyclic amines) is 1. The zero-order valence-electron chi connectivity index (χ0n) is 16.1. The van der Waals surface area contributed by atoms with Crippen LogP contribution in [0, 0.1) is 0 Å². The lowest BCUT2D eigenvalue weighted by atomic mass is 9.82. The molecule has 0 unspecified atom stereocenters. The number of fused-ring (bicyclic) bond motifs is 1. The summed E-state index contributed by atoms with van der Waals surface area (Å²) in [5.74, 6) is 0.890. The third-order valence-corrected chi connectivity index (χ3v) is 5.72. The molecule has 2 aliphatic heterocycles. The first-order chi connectivity index (χ1) is 13.5. The van der Waals surface area contributed by atoms with E-state index in [9.17, 15) is 9.59 Å². The van der Waals surface area contributed by atoms with Crippen LogP contribution in [0.15, 0.2) is 48.7 Å². The number of hydrogen-bond acceptors (Lipinski definition) is 4. The van der Waals surface area contributed by atoms with Gasteiger partial charge in [-0.25, -0.2) is 0 Å². The topological polar surface area (TPSA) is 71.5 Å². The van der Waals surface area contributed by atoms with Crippen molar-refractivity contribution in [3.8, 4) is 5.75 Å². The van der Waals surface area contributed by atoms with Gasteiger partial charge in [-0.3, -0.25) is 14.6 Å². The van der Waals surface area contributed by atoms with E-state index in [4.69, 9.17) is 4.74 Å². The van der Waals surface area contributed by atoms with Crippen LogP contribution >= 0.6 is 0 Å². The highest BCUT2D eigenvalue weighted by molar-refractivity contribution is 5.79. The van der Waals surface area contributed by atoms with E-state index in [0.29, 0.717) is 25.8 Å². The van der Waals surface area contributed by atoms with E-state index in [-0.39, 0.29) is 24.3 Å². The Bertz CT molecular complexity index is 870. The van der Waals surface area contributed by atoms with Gasteiger partial charge in [0.15, 0.2) is 0 Å². The highest BCUT2D eigenvalue weighted by Gasteiger charge is 2.43. The number of pyridine rings is 1. The van der Waals surface area contributed by atoms with Crippen molar-refractivity contribution >= 4 is 11.8 Å². The molecule has 1 spiro atoms. The Kier molecular flexibility index (Phi) is 5.03. The number of carbonyl (C=O) groups excluding carboxylic acids is 2. The highest BCUT2D eigenvalue weighted by Crippen LogP contribution is 2.44. The number of rotatable bonds is 3. The maximum Gasteiger partial charge on any atom is 0.226 e. The van der Waals surface area contributed by atoms with E-state index in [1.807, 2.05) is 49.5 Å². The summed E-state index contributed by atoms with van der Waals surface area (Å²) in [4.78, 5) is 30.8. The molecule has 0 saturated carbocycles. The molecule has 1 aromatic carbocycles. The summed E-state index contributed by atoms with van der Waals surface area (Å²) in [6, 6.07) is 13.3. The molecule has 2 aromatic rings. The zero-order chi connectivity index (χ0) is 19.6. The first-order valence-corrected chi connectivity index (χ1v) is 9.76. The normalized spacial score (nSPS) is 24.2. The maximum atomic E-state index is 12.7. The fourth-order valence-electron chi connectivity index (χ4n) is 4.11. The molecular weight excluding hydrogens is 354 g/mol. The summed E-state index contributed by atoms with van der Waals surface area (Å²) >= 11 is 0. The predicted molar refractivity (Wildman–Crippen MR) is 105 cm³/mol. The standard InChI is InChI=1S/C22H25N3O3/c1-25-13-11-22(10-9-21(25)27)15-18(17-7-2-3-8-19(17)28-22)24-20(26)14-16-6-4-5-12-23-16/h2-8,12,18H,9-11,13-15H2,1H3,(H,24,26)/t18-,22+/m1/s1. The Morgan fingerprint density at radius 2 is 2.07 bits per heavy atom. The highest BCUT2D eigenvalue weighted by atomic mass is 16.5. The Morgan fingerprint density at radius 1 is 1.25 bits per heavy atom. The smallest absolute Gasteiger partial charge is 0.226 e. The van der Waals surface area contributed by atoms with E-state index in [0.717, 1.165) is 23.4 Å². The molecule has 28 heavy (non-hydrogen) atoms. The summed E-state index contributed by atoms with van der Waals surface area (Å²) in [5, 5.41) is 3.18. The van der Waals surface area contributed by atoms with Gasteiger partial charge < -0.3 is 15.0 Å². The van der Waals surface area contributed by atoms with Gasteiger partial charge in [-0.15, -0.1) is 0 Å². The van der Waals surface area contributed by atoms with Gasteiger partial charge in [0.25, 0.3) is 0 Å². The van der Waals surface area contributed by atoms with Gasteiger partial charge in [-0.1, -0.05) is 24.3 Å². The molecule has 0 radical (unpaired) electrons. The molecule has 2 aliphatic rings. The van der Waals surface area contributed by atoms with Gasteiger partial charge in [-0.05, 0) is 24.6 Å². The number of aromatic nitrogens is 1. The molecule has 6 nitrogen and oxygen atoms in total. The number of nitrogens with zero attached hydrogens (tertiary/aromatic N) is 2. The van der Waals surface area contributed by atoms with Crippen LogP contribution in [0.5, 0.6) is 5.75 Å². The van der Waals surface area contributed by atoms with Crippen LogP contribution in [0.4, 0.5) is 0 Å². The van der Waals surface area contributed by atoms with Gasteiger partial charge >= 0.3 is 0 Å². The summed E-state index contributed by atoms with van der Waals surface area (Å²) in [5.41, 5.74) is 1.31. The summed E-state index contributed by atoms with van der Waals surface area (Å²) in [6.07, 6.45) is 4.49. The van der Waals surface area contributed by atoms with Crippen molar-refractivity contribution in [3.05, 3.63) is 59.9 Å². The molecule has 4 rings (SSSR count). The fraction of sp³-hybridized carbons (Fsp3) is 0.409. The lowest BCUT2D eigenvalue weighted by molar-refractivity contribution is -0.129. The van der Waals surface area contributed by atoms with E-state index in [1.165, 1.54) is 0 Å². The predicted octanol–water partition coefficient (Wildman–Crippen LogP) is 2.65. The Morgan fingerprint density at radius 3 is 2.89 bits per heavy atom. The first kappa shape index (κ1) is 18.5. The molecule has 2 amide bonds. The lowest BCUT2D eigenvalue weighted by Crippen LogP contribution is -2.46. The number of carbonyl (C=O) groups is 2. The average molecular weight is 379 g/mol. The molecule has 6 heteroatoms. The number of nitrogens with one attached hydrogen (secondary N) is 1. The summed E-state index contributed by atoms with van der Waals surface area (Å²) in [7, 11) is 1.84. The van der Waals surface area contributed by atoms with Gasteiger partial charge in [-0.2, -0.15) is 0 Å².